The van der Waals surface area contributed by atoms with Gasteiger partial charge in [-0.3, -0.25) is 0 Å². The van der Waals surface area contributed by atoms with Gasteiger partial charge in [-0.2, -0.15) is 0 Å². The first-order chi connectivity index (χ1) is 9.78. The summed E-state index contributed by atoms with van der Waals surface area (Å²) in [5.41, 5.74) is -0.313. The van der Waals surface area contributed by atoms with Gasteiger partial charge < -0.3 is 29.2 Å². The van der Waals surface area contributed by atoms with Crippen molar-refractivity contribution in [1.82, 2.24) is 0 Å². The largest absolute Gasteiger partial charge is 0.394 e. The van der Waals surface area contributed by atoms with Crippen molar-refractivity contribution in [3.05, 3.63) is 0 Å². The lowest BCUT2D eigenvalue weighted by molar-refractivity contribution is -0.252. The highest BCUT2D eigenvalue weighted by Crippen LogP contribution is 2.48. The van der Waals surface area contributed by atoms with E-state index in [2.05, 4.69) is 0 Å². The van der Waals surface area contributed by atoms with Crippen molar-refractivity contribution in [3.63, 3.8) is 0 Å². The number of hydrogen-bond acceptors (Lipinski definition) is 6. The zero-order chi connectivity index (χ0) is 14.0. The third-order valence-corrected chi connectivity index (χ3v) is 4.63. The van der Waals surface area contributed by atoms with E-state index in [4.69, 9.17) is 18.9 Å². The fourth-order valence-electron chi connectivity index (χ4n) is 3.48. The first-order valence-corrected chi connectivity index (χ1v) is 7.54. The second-order valence-electron chi connectivity index (χ2n) is 6.01. The molecule has 1 aliphatic carbocycles. The van der Waals surface area contributed by atoms with Crippen LogP contribution in [0.15, 0.2) is 0 Å². The van der Waals surface area contributed by atoms with Crippen LogP contribution in [0.1, 0.15) is 32.1 Å². The van der Waals surface area contributed by atoms with Crippen LogP contribution in [0.25, 0.3) is 0 Å². The molecule has 116 valence electrons. The number of aliphatic hydroxyl groups excluding tert-OH is 2. The van der Waals surface area contributed by atoms with Crippen molar-refractivity contribution in [2.24, 2.45) is 5.41 Å². The molecule has 3 fully saturated rings. The summed E-state index contributed by atoms with van der Waals surface area (Å²) in [6.45, 7) is 0.772. The fourth-order valence-corrected chi connectivity index (χ4v) is 3.48. The molecule has 4 unspecified atom stereocenters. The molecule has 0 spiro atoms. The minimum absolute atomic E-state index is 0.0295. The highest BCUT2D eigenvalue weighted by molar-refractivity contribution is 4.93. The summed E-state index contributed by atoms with van der Waals surface area (Å²) in [4.78, 5) is 0. The average molecular weight is 288 g/mol. The minimum atomic E-state index is -0.387. The van der Waals surface area contributed by atoms with E-state index in [0.717, 1.165) is 25.7 Å². The van der Waals surface area contributed by atoms with Crippen molar-refractivity contribution in [2.45, 2.75) is 56.9 Å². The molecule has 3 rings (SSSR count). The molecule has 0 amide bonds. The van der Waals surface area contributed by atoms with E-state index in [1.807, 2.05) is 0 Å². The van der Waals surface area contributed by atoms with Crippen molar-refractivity contribution in [2.75, 3.05) is 26.4 Å². The van der Waals surface area contributed by atoms with Gasteiger partial charge in [0.25, 0.3) is 0 Å². The van der Waals surface area contributed by atoms with Crippen molar-refractivity contribution >= 4 is 0 Å². The lowest BCUT2D eigenvalue weighted by Crippen LogP contribution is -2.48. The second-order valence-corrected chi connectivity index (χ2v) is 6.01. The molecule has 0 bridgehead atoms. The lowest BCUT2D eigenvalue weighted by Gasteiger charge is -2.43. The van der Waals surface area contributed by atoms with Gasteiger partial charge in [-0.1, -0.05) is 19.3 Å². The molecule has 2 heterocycles. The van der Waals surface area contributed by atoms with Gasteiger partial charge in [0.15, 0.2) is 12.6 Å². The lowest BCUT2D eigenvalue weighted by atomic mass is 9.72. The number of rotatable bonds is 4. The summed E-state index contributed by atoms with van der Waals surface area (Å²) < 4.78 is 23.2. The Morgan fingerprint density at radius 3 is 1.70 bits per heavy atom. The number of aliphatic hydroxyl groups is 2. The average Bonchev–Trinajstić information content (AvgIpc) is 3.17. The Hall–Kier alpha value is -0.240. The maximum absolute atomic E-state index is 9.21. The van der Waals surface area contributed by atoms with Crippen LogP contribution in [0.2, 0.25) is 0 Å². The van der Waals surface area contributed by atoms with Gasteiger partial charge in [-0.05, 0) is 12.8 Å². The Balaban J connectivity index is 1.75. The van der Waals surface area contributed by atoms with Crippen LogP contribution in [0.4, 0.5) is 0 Å². The number of hydrogen-bond donors (Lipinski definition) is 2. The van der Waals surface area contributed by atoms with E-state index in [1.54, 1.807) is 0 Å². The molecule has 6 heteroatoms. The summed E-state index contributed by atoms with van der Waals surface area (Å²) in [7, 11) is 0. The molecule has 3 aliphatic rings. The summed E-state index contributed by atoms with van der Waals surface area (Å²) in [5.74, 6) is 0. The highest BCUT2D eigenvalue weighted by Gasteiger charge is 2.54. The van der Waals surface area contributed by atoms with Gasteiger partial charge in [0.2, 0.25) is 0 Å². The van der Waals surface area contributed by atoms with E-state index in [0.29, 0.717) is 13.2 Å². The molecule has 0 aromatic carbocycles. The van der Waals surface area contributed by atoms with Crippen molar-refractivity contribution in [3.8, 4) is 0 Å². The zero-order valence-corrected chi connectivity index (χ0v) is 11.7. The summed E-state index contributed by atoms with van der Waals surface area (Å²) in [6, 6.07) is 0. The molecule has 20 heavy (non-hydrogen) atoms. The van der Waals surface area contributed by atoms with E-state index in [1.165, 1.54) is 6.42 Å². The van der Waals surface area contributed by atoms with Gasteiger partial charge in [-0.15, -0.1) is 0 Å². The maximum atomic E-state index is 9.21. The zero-order valence-electron chi connectivity index (χ0n) is 11.7. The van der Waals surface area contributed by atoms with E-state index in [-0.39, 0.29) is 43.4 Å². The topological polar surface area (TPSA) is 77.4 Å². The van der Waals surface area contributed by atoms with Gasteiger partial charge >= 0.3 is 0 Å². The van der Waals surface area contributed by atoms with Crippen LogP contribution in [0.5, 0.6) is 0 Å². The second kappa shape index (κ2) is 6.25. The molecule has 1 saturated carbocycles. The Morgan fingerprint density at radius 1 is 0.800 bits per heavy atom. The van der Waals surface area contributed by atoms with Crippen LogP contribution in [0.3, 0.4) is 0 Å². The molecule has 0 aromatic heterocycles. The summed E-state index contributed by atoms with van der Waals surface area (Å²) in [6.07, 6.45) is 3.97. The molecular formula is C14H24O6. The van der Waals surface area contributed by atoms with Gasteiger partial charge in [-0.25, -0.2) is 0 Å². The van der Waals surface area contributed by atoms with Crippen LogP contribution < -0.4 is 0 Å². The molecular weight excluding hydrogens is 264 g/mol. The highest BCUT2D eigenvalue weighted by atomic mass is 16.8. The third-order valence-electron chi connectivity index (χ3n) is 4.63. The normalized spacial score (nSPS) is 41.1. The molecule has 2 saturated heterocycles. The van der Waals surface area contributed by atoms with E-state index >= 15 is 0 Å². The Kier molecular flexibility index (Phi) is 4.59. The molecule has 0 aromatic rings. The van der Waals surface area contributed by atoms with Crippen LogP contribution >= 0.6 is 0 Å². The molecule has 2 aliphatic heterocycles. The molecule has 4 atom stereocenters. The maximum Gasteiger partial charge on any atom is 0.168 e. The molecule has 2 N–H and O–H groups in total. The Bertz CT molecular complexity index is 293. The minimum Gasteiger partial charge on any atom is -0.394 e. The Labute approximate surface area is 119 Å². The molecule has 0 radical (unpaired) electrons. The van der Waals surface area contributed by atoms with Crippen LogP contribution in [-0.4, -0.2) is 61.4 Å². The van der Waals surface area contributed by atoms with E-state index in [9.17, 15) is 10.2 Å². The standard InChI is InChI=1S/C14H24O6/c15-6-10-8-17-12(19-10)14(4-2-1-3-5-14)13-18-9-11(7-16)20-13/h10-13,15-16H,1-9H2. The Morgan fingerprint density at radius 2 is 1.30 bits per heavy atom. The van der Waals surface area contributed by atoms with E-state index < -0.39 is 0 Å². The van der Waals surface area contributed by atoms with Crippen LogP contribution in [0, 0.1) is 5.41 Å². The van der Waals surface area contributed by atoms with Crippen molar-refractivity contribution < 1.29 is 29.2 Å². The van der Waals surface area contributed by atoms with Gasteiger partial charge in [0.05, 0.1) is 31.8 Å². The predicted octanol–water partition coefficient (Wildman–Crippen LogP) is 0.404. The fraction of sp³-hybridized carbons (Fsp3) is 1.00. The SMILES string of the molecule is OCC1COC(C2(C3OCC(CO)O3)CCCCC2)O1. The third kappa shape index (κ3) is 2.61. The smallest absolute Gasteiger partial charge is 0.168 e. The monoisotopic (exact) mass is 288 g/mol. The first-order valence-electron chi connectivity index (χ1n) is 7.54. The summed E-state index contributed by atoms with van der Waals surface area (Å²) >= 11 is 0. The number of ether oxygens (including phenoxy) is 4. The van der Waals surface area contributed by atoms with Gasteiger partial charge in [0, 0.05) is 0 Å². The predicted molar refractivity (Wildman–Crippen MR) is 68.9 cm³/mol. The van der Waals surface area contributed by atoms with Crippen molar-refractivity contribution in [1.29, 1.82) is 0 Å². The van der Waals surface area contributed by atoms with Gasteiger partial charge in [0.1, 0.15) is 12.2 Å². The first kappa shape index (κ1) is 14.7. The quantitative estimate of drug-likeness (QED) is 0.780. The molecule has 6 nitrogen and oxygen atoms in total. The summed E-state index contributed by atoms with van der Waals surface area (Å²) in [5, 5.41) is 18.4. The van der Waals surface area contributed by atoms with Crippen LogP contribution in [-0.2, 0) is 18.9 Å².